The third-order valence-corrected chi connectivity index (χ3v) is 5.80. The van der Waals surface area contributed by atoms with Crippen molar-refractivity contribution in [1.29, 1.82) is 0 Å². The number of halogens is 1. The minimum Gasteiger partial charge on any atom is -0.496 e. The molecule has 2 heterocycles. The van der Waals surface area contributed by atoms with Crippen molar-refractivity contribution >= 4 is 50.8 Å². The van der Waals surface area contributed by atoms with Gasteiger partial charge >= 0.3 is 5.97 Å². The summed E-state index contributed by atoms with van der Waals surface area (Å²) in [6.07, 6.45) is 2.31. The van der Waals surface area contributed by atoms with Crippen molar-refractivity contribution in [3.63, 3.8) is 0 Å². The molecule has 4 aromatic rings. The summed E-state index contributed by atoms with van der Waals surface area (Å²) in [6.45, 7) is 0. The number of methoxy groups -OCH3 is 1. The quantitative estimate of drug-likeness (QED) is 0.373. The molecular formula is C22H18ClN3O4S. The predicted molar refractivity (Wildman–Crippen MR) is 121 cm³/mol. The highest BCUT2D eigenvalue weighted by Crippen LogP contribution is 2.29. The number of carboxylic acid groups (broad SMARTS) is 1. The molecule has 0 saturated carbocycles. The second kappa shape index (κ2) is 8.79. The first kappa shape index (κ1) is 20.9. The fourth-order valence-electron chi connectivity index (χ4n) is 3.33. The van der Waals surface area contributed by atoms with Crippen LogP contribution in [-0.4, -0.2) is 34.1 Å². The van der Waals surface area contributed by atoms with E-state index in [1.807, 2.05) is 30.5 Å². The van der Waals surface area contributed by atoms with Gasteiger partial charge in [-0.05, 0) is 42.0 Å². The maximum absolute atomic E-state index is 12.7. The third-order valence-electron chi connectivity index (χ3n) is 4.76. The summed E-state index contributed by atoms with van der Waals surface area (Å²) in [5, 5.41) is 15.1. The number of benzene rings is 2. The van der Waals surface area contributed by atoms with Gasteiger partial charge in [0.1, 0.15) is 5.75 Å². The lowest BCUT2D eigenvalue weighted by Gasteiger charge is -2.09. The molecule has 0 bridgehead atoms. The first-order chi connectivity index (χ1) is 14.9. The largest absolute Gasteiger partial charge is 0.496 e. The maximum Gasteiger partial charge on any atom is 0.309 e. The number of H-pyrrole nitrogens is 1. The summed E-state index contributed by atoms with van der Waals surface area (Å²) in [5.41, 5.74) is 3.74. The van der Waals surface area contributed by atoms with E-state index in [0.29, 0.717) is 27.8 Å². The number of aliphatic carboxylic acids is 1. The zero-order valence-electron chi connectivity index (χ0n) is 16.4. The van der Waals surface area contributed by atoms with Crippen molar-refractivity contribution in [2.24, 2.45) is 0 Å². The highest BCUT2D eigenvalue weighted by atomic mass is 35.5. The number of anilines is 1. The average molecular weight is 456 g/mol. The number of hydrogen-bond acceptors (Lipinski definition) is 5. The molecule has 0 saturated heterocycles. The van der Waals surface area contributed by atoms with E-state index in [0.717, 1.165) is 27.8 Å². The number of carboxylic acids is 1. The number of aromatic amines is 1. The van der Waals surface area contributed by atoms with Gasteiger partial charge in [-0.25, -0.2) is 4.98 Å². The SMILES string of the molecule is COc1ccc(Cl)cc1Cc1c[nH]c2ccc(C(=O)Nc3nc(CC(=O)O)cs3)cc12. The van der Waals surface area contributed by atoms with E-state index in [1.165, 1.54) is 11.3 Å². The molecular weight excluding hydrogens is 438 g/mol. The highest BCUT2D eigenvalue weighted by molar-refractivity contribution is 7.14. The van der Waals surface area contributed by atoms with Crippen LogP contribution in [-0.2, 0) is 17.6 Å². The molecule has 7 nitrogen and oxygen atoms in total. The maximum atomic E-state index is 12.7. The number of amides is 1. The average Bonchev–Trinajstić information content (AvgIpc) is 3.34. The number of ether oxygens (including phenoxy) is 1. The van der Waals surface area contributed by atoms with Gasteiger partial charge in [-0.1, -0.05) is 11.6 Å². The summed E-state index contributed by atoms with van der Waals surface area (Å²) in [7, 11) is 1.62. The number of carbonyl (C=O) groups excluding carboxylic acids is 1. The monoisotopic (exact) mass is 455 g/mol. The number of thiazole rings is 1. The van der Waals surface area contributed by atoms with Crippen molar-refractivity contribution in [1.82, 2.24) is 9.97 Å². The van der Waals surface area contributed by atoms with Gasteiger partial charge in [-0.3, -0.25) is 14.9 Å². The van der Waals surface area contributed by atoms with Crippen molar-refractivity contribution < 1.29 is 19.4 Å². The van der Waals surface area contributed by atoms with E-state index in [4.69, 9.17) is 21.4 Å². The normalized spacial score (nSPS) is 10.9. The van der Waals surface area contributed by atoms with Crippen LogP contribution in [0.5, 0.6) is 5.75 Å². The third kappa shape index (κ3) is 4.70. The summed E-state index contributed by atoms with van der Waals surface area (Å²) >= 11 is 7.34. The molecule has 2 aromatic heterocycles. The van der Waals surface area contributed by atoms with Crippen LogP contribution in [0.25, 0.3) is 10.9 Å². The van der Waals surface area contributed by atoms with Crippen LogP contribution in [0.1, 0.15) is 27.2 Å². The Bertz CT molecular complexity index is 1280. The molecule has 0 unspecified atom stereocenters. The summed E-state index contributed by atoms with van der Waals surface area (Å²) in [6, 6.07) is 10.9. The second-order valence-electron chi connectivity index (χ2n) is 6.88. The lowest BCUT2D eigenvalue weighted by atomic mass is 10.0. The second-order valence-corrected chi connectivity index (χ2v) is 8.17. The van der Waals surface area contributed by atoms with Gasteiger partial charge in [0.25, 0.3) is 5.91 Å². The lowest BCUT2D eigenvalue weighted by Crippen LogP contribution is -2.12. The van der Waals surface area contributed by atoms with E-state index in [1.54, 1.807) is 24.6 Å². The number of carbonyl (C=O) groups is 2. The molecule has 2 aromatic carbocycles. The van der Waals surface area contributed by atoms with Gasteiger partial charge in [0, 0.05) is 45.1 Å². The first-order valence-electron chi connectivity index (χ1n) is 9.33. The minimum atomic E-state index is -0.968. The fraction of sp³-hybridized carbons (Fsp3) is 0.136. The summed E-state index contributed by atoms with van der Waals surface area (Å²) in [4.78, 5) is 30.9. The Balaban J connectivity index is 1.58. The number of fused-ring (bicyclic) bond motifs is 1. The Kier molecular flexibility index (Phi) is 5.92. The van der Waals surface area contributed by atoms with Crippen LogP contribution in [0.15, 0.2) is 48.0 Å². The Morgan fingerprint density at radius 3 is 2.84 bits per heavy atom. The van der Waals surface area contributed by atoms with Gasteiger partial charge < -0.3 is 14.8 Å². The van der Waals surface area contributed by atoms with Crippen molar-refractivity contribution in [2.75, 3.05) is 12.4 Å². The molecule has 158 valence electrons. The fourth-order valence-corrected chi connectivity index (χ4v) is 4.23. The number of aromatic nitrogens is 2. The predicted octanol–water partition coefficient (Wildman–Crippen LogP) is 4.76. The number of rotatable bonds is 7. The molecule has 1 amide bonds. The van der Waals surface area contributed by atoms with Crippen molar-refractivity contribution in [2.45, 2.75) is 12.8 Å². The van der Waals surface area contributed by atoms with Gasteiger partial charge in [-0.2, -0.15) is 0 Å². The Morgan fingerprint density at radius 2 is 2.06 bits per heavy atom. The Labute approximate surface area is 186 Å². The number of hydrogen-bond donors (Lipinski definition) is 3. The van der Waals surface area contributed by atoms with Crippen LogP contribution >= 0.6 is 22.9 Å². The van der Waals surface area contributed by atoms with Gasteiger partial charge in [0.05, 0.1) is 19.2 Å². The lowest BCUT2D eigenvalue weighted by molar-refractivity contribution is -0.136. The van der Waals surface area contributed by atoms with Gasteiger partial charge in [-0.15, -0.1) is 11.3 Å². The standard InChI is InChI=1S/C22H18ClN3O4S/c1-30-19-5-3-15(23)7-13(19)6-14-10-24-18-4-2-12(8-17(14)18)21(29)26-22-25-16(11-31-22)9-20(27)28/h2-5,7-8,10-11,24H,6,9H2,1H3,(H,27,28)(H,25,26,29). The minimum absolute atomic E-state index is 0.183. The summed E-state index contributed by atoms with van der Waals surface area (Å²) < 4.78 is 5.44. The smallest absolute Gasteiger partial charge is 0.309 e. The first-order valence-corrected chi connectivity index (χ1v) is 10.6. The topological polar surface area (TPSA) is 104 Å². The highest BCUT2D eigenvalue weighted by Gasteiger charge is 2.14. The zero-order valence-corrected chi connectivity index (χ0v) is 18.0. The van der Waals surface area contributed by atoms with E-state index in [9.17, 15) is 9.59 Å². The zero-order chi connectivity index (χ0) is 22.0. The van der Waals surface area contributed by atoms with E-state index in [2.05, 4.69) is 15.3 Å². The van der Waals surface area contributed by atoms with Crippen molar-refractivity contribution in [3.8, 4) is 5.75 Å². The van der Waals surface area contributed by atoms with Gasteiger partial charge in [0.15, 0.2) is 5.13 Å². The molecule has 0 aliphatic heterocycles. The molecule has 31 heavy (non-hydrogen) atoms. The van der Waals surface area contributed by atoms with Gasteiger partial charge in [0.2, 0.25) is 0 Å². The Morgan fingerprint density at radius 1 is 1.23 bits per heavy atom. The molecule has 0 aliphatic rings. The summed E-state index contributed by atoms with van der Waals surface area (Å²) in [5.74, 6) is -0.538. The molecule has 0 fully saturated rings. The molecule has 0 aliphatic carbocycles. The Hall–Kier alpha value is -3.36. The van der Waals surface area contributed by atoms with Crippen LogP contribution in [0.2, 0.25) is 5.02 Å². The molecule has 9 heteroatoms. The van der Waals surface area contributed by atoms with E-state index in [-0.39, 0.29) is 12.3 Å². The molecule has 3 N–H and O–H groups in total. The molecule has 0 atom stereocenters. The van der Waals surface area contributed by atoms with E-state index >= 15 is 0 Å². The van der Waals surface area contributed by atoms with Crippen molar-refractivity contribution in [3.05, 3.63) is 75.4 Å². The molecule has 0 spiro atoms. The van der Waals surface area contributed by atoms with Crippen LogP contribution in [0.4, 0.5) is 5.13 Å². The van der Waals surface area contributed by atoms with E-state index < -0.39 is 5.97 Å². The number of nitrogens with zero attached hydrogens (tertiary/aromatic N) is 1. The van der Waals surface area contributed by atoms with Crippen LogP contribution < -0.4 is 10.1 Å². The number of nitrogens with one attached hydrogen (secondary N) is 2. The van der Waals surface area contributed by atoms with Crippen LogP contribution in [0.3, 0.4) is 0 Å². The molecule has 4 rings (SSSR count). The van der Waals surface area contributed by atoms with Crippen LogP contribution in [0, 0.1) is 0 Å². The molecule has 0 radical (unpaired) electrons.